The van der Waals surface area contributed by atoms with Crippen LogP contribution in [0, 0.1) is 5.82 Å². The molecule has 1 aliphatic rings. The number of amides is 1. The van der Waals surface area contributed by atoms with Crippen molar-refractivity contribution < 1.29 is 14.0 Å². The molecule has 0 spiro atoms. The van der Waals surface area contributed by atoms with E-state index in [0.29, 0.717) is 18.7 Å². The largest absolute Gasteiger partial charge is 0.352 e. The minimum Gasteiger partial charge on any atom is -0.352 e. The third-order valence-electron chi connectivity index (χ3n) is 3.21. The first-order chi connectivity index (χ1) is 9.04. The molecule has 102 valence electrons. The van der Waals surface area contributed by atoms with Gasteiger partial charge in [0.1, 0.15) is 5.82 Å². The Labute approximate surface area is 111 Å². The van der Waals surface area contributed by atoms with Gasteiger partial charge in [-0.05, 0) is 30.7 Å². The molecule has 1 aliphatic heterocycles. The van der Waals surface area contributed by atoms with Crippen molar-refractivity contribution in [1.82, 2.24) is 10.2 Å². The molecule has 1 N–H and O–H groups in total. The summed E-state index contributed by atoms with van der Waals surface area (Å²) >= 11 is 0. The minimum atomic E-state index is -0.344. The molecule has 2 rings (SSSR count). The average molecular weight is 264 g/mol. The van der Waals surface area contributed by atoms with Crippen molar-refractivity contribution in [3.8, 4) is 0 Å². The van der Waals surface area contributed by atoms with E-state index in [-0.39, 0.29) is 23.5 Å². The van der Waals surface area contributed by atoms with Gasteiger partial charge in [-0.3, -0.25) is 14.5 Å². The van der Waals surface area contributed by atoms with E-state index in [0.717, 1.165) is 13.0 Å². The van der Waals surface area contributed by atoms with E-state index in [9.17, 15) is 14.0 Å². The average Bonchev–Trinajstić information content (AvgIpc) is 2.76. The maximum Gasteiger partial charge on any atom is 0.217 e. The first kappa shape index (κ1) is 13.7. The minimum absolute atomic E-state index is 0.0246. The van der Waals surface area contributed by atoms with E-state index in [2.05, 4.69) is 5.32 Å². The number of benzene rings is 1. The summed E-state index contributed by atoms with van der Waals surface area (Å²) in [6.07, 6.45) is 0.857. The predicted octanol–water partition coefficient (Wildman–Crippen LogP) is 1.22. The highest BCUT2D eigenvalue weighted by atomic mass is 19.1. The zero-order valence-electron chi connectivity index (χ0n) is 10.9. The lowest BCUT2D eigenvalue weighted by Gasteiger charge is -2.15. The number of rotatable bonds is 4. The summed E-state index contributed by atoms with van der Waals surface area (Å²) in [6.45, 7) is 3.28. The van der Waals surface area contributed by atoms with Gasteiger partial charge in [0.2, 0.25) is 5.91 Å². The molecule has 1 atom stereocenters. The first-order valence-corrected chi connectivity index (χ1v) is 6.33. The number of hydrogen-bond acceptors (Lipinski definition) is 3. The second kappa shape index (κ2) is 5.93. The smallest absolute Gasteiger partial charge is 0.217 e. The lowest BCUT2D eigenvalue weighted by Crippen LogP contribution is -2.36. The zero-order valence-corrected chi connectivity index (χ0v) is 10.9. The molecule has 0 aliphatic carbocycles. The molecule has 0 aromatic heterocycles. The van der Waals surface area contributed by atoms with Crippen LogP contribution in [0.4, 0.5) is 4.39 Å². The van der Waals surface area contributed by atoms with Crippen molar-refractivity contribution in [2.75, 3.05) is 19.6 Å². The second-order valence-electron chi connectivity index (χ2n) is 4.85. The number of nitrogens with one attached hydrogen (secondary N) is 1. The van der Waals surface area contributed by atoms with Crippen LogP contribution < -0.4 is 5.32 Å². The Balaban J connectivity index is 1.87. The molecule has 1 aromatic carbocycles. The van der Waals surface area contributed by atoms with Gasteiger partial charge in [0.15, 0.2) is 5.78 Å². The number of carbonyl (C=O) groups excluding carboxylic acids is 2. The van der Waals surface area contributed by atoms with Crippen LogP contribution in [-0.4, -0.2) is 42.3 Å². The van der Waals surface area contributed by atoms with Crippen LogP contribution in [0.25, 0.3) is 0 Å². The Morgan fingerprint density at radius 3 is 2.68 bits per heavy atom. The van der Waals surface area contributed by atoms with E-state index in [1.807, 2.05) is 4.90 Å². The summed E-state index contributed by atoms with van der Waals surface area (Å²) in [5.74, 6) is -0.413. The molecule has 1 unspecified atom stereocenters. The van der Waals surface area contributed by atoms with Crippen LogP contribution in [0.1, 0.15) is 23.7 Å². The van der Waals surface area contributed by atoms with Crippen LogP contribution in [-0.2, 0) is 4.79 Å². The quantitative estimate of drug-likeness (QED) is 0.832. The number of likely N-dealkylation sites (tertiary alicyclic amines) is 1. The summed E-state index contributed by atoms with van der Waals surface area (Å²) < 4.78 is 12.8. The SMILES string of the molecule is CC(=O)NC1CCN(CC(=O)c2ccc(F)cc2)C1. The molecule has 5 heteroatoms. The molecule has 4 nitrogen and oxygen atoms in total. The molecular weight excluding hydrogens is 247 g/mol. The fraction of sp³-hybridized carbons (Fsp3) is 0.429. The van der Waals surface area contributed by atoms with Crippen LogP contribution in [0.3, 0.4) is 0 Å². The second-order valence-corrected chi connectivity index (χ2v) is 4.85. The number of nitrogens with zero attached hydrogens (tertiary/aromatic N) is 1. The lowest BCUT2D eigenvalue weighted by molar-refractivity contribution is -0.119. The van der Waals surface area contributed by atoms with Crippen molar-refractivity contribution in [2.45, 2.75) is 19.4 Å². The molecule has 0 saturated carbocycles. The van der Waals surface area contributed by atoms with Crippen molar-refractivity contribution in [1.29, 1.82) is 0 Å². The van der Waals surface area contributed by atoms with Gasteiger partial charge in [-0.15, -0.1) is 0 Å². The Kier molecular flexibility index (Phi) is 4.27. The molecular formula is C14H17FN2O2. The van der Waals surface area contributed by atoms with Crippen molar-refractivity contribution >= 4 is 11.7 Å². The zero-order chi connectivity index (χ0) is 13.8. The number of hydrogen-bond donors (Lipinski definition) is 1. The summed E-state index contributed by atoms with van der Waals surface area (Å²) in [5, 5.41) is 2.85. The predicted molar refractivity (Wildman–Crippen MR) is 69.4 cm³/mol. The maximum atomic E-state index is 12.8. The lowest BCUT2D eigenvalue weighted by atomic mass is 10.1. The molecule has 1 saturated heterocycles. The van der Waals surface area contributed by atoms with Gasteiger partial charge in [0.25, 0.3) is 0 Å². The highest BCUT2D eigenvalue weighted by Crippen LogP contribution is 2.11. The van der Waals surface area contributed by atoms with E-state index in [1.54, 1.807) is 0 Å². The molecule has 1 aromatic rings. The third-order valence-corrected chi connectivity index (χ3v) is 3.21. The van der Waals surface area contributed by atoms with Gasteiger partial charge in [-0.2, -0.15) is 0 Å². The number of carbonyl (C=O) groups is 2. The van der Waals surface area contributed by atoms with Crippen molar-refractivity contribution in [3.05, 3.63) is 35.6 Å². The fourth-order valence-electron chi connectivity index (χ4n) is 2.31. The van der Waals surface area contributed by atoms with Gasteiger partial charge < -0.3 is 5.32 Å². The number of Topliss-reactive ketones (excluding diaryl/α,β-unsaturated/α-hetero) is 1. The summed E-state index contributed by atoms with van der Waals surface area (Å²) in [6, 6.07) is 5.70. The van der Waals surface area contributed by atoms with E-state index < -0.39 is 0 Å². The molecule has 1 heterocycles. The van der Waals surface area contributed by atoms with Gasteiger partial charge in [-0.25, -0.2) is 4.39 Å². The van der Waals surface area contributed by atoms with Crippen LogP contribution in [0.2, 0.25) is 0 Å². The van der Waals surface area contributed by atoms with E-state index in [4.69, 9.17) is 0 Å². The Morgan fingerprint density at radius 1 is 1.37 bits per heavy atom. The molecule has 19 heavy (non-hydrogen) atoms. The maximum absolute atomic E-state index is 12.8. The fourth-order valence-corrected chi connectivity index (χ4v) is 2.31. The highest BCUT2D eigenvalue weighted by Gasteiger charge is 2.24. The Bertz CT molecular complexity index is 473. The van der Waals surface area contributed by atoms with Crippen molar-refractivity contribution in [3.63, 3.8) is 0 Å². The summed E-state index contributed by atoms with van der Waals surface area (Å²) in [5.41, 5.74) is 0.518. The van der Waals surface area contributed by atoms with E-state index in [1.165, 1.54) is 31.2 Å². The monoisotopic (exact) mass is 264 g/mol. The summed E-state index contributed by atoms with van der Waals surface area (Å²) in [4.78, 5) is 24.9. The molecule has 0 radical (unpaired) electrons. The molecule has 1 fully saturated rings. The van der Waals surface area contributed by atoms with Gasteiger partial charge in [0.05, 0.1) is 6.54 Å². The number of ketones is 1. The van der Waals surface area contributed by atoms with Gasteiger partial charge >= 0.3 is 0 Å². The van der Waals surface area contributed by atoms with Gasteiger partial charge in [-0.1, -0.05) is 0 Å². The standard InChI is InChI=1S/C14H17FN2O2/c1-10(18)16-13-6-7-17(8-13)9-14(19)11-2-4-12(15)5-3-11/h2-5,13H,6-9H2,1H3,(H,16,18). The van der Waals surface area contributed by atoms with Gasteiger partial charge in [0, 0.05) is 31.6 Å². The van der Waals surface area contributed by atoms with Crippen LogP contribution >= 0.6 is 0 Å². The Morgan fingerprint density at radius 2 is 2.05 bits per heavy atom. The third kappa shape index (κ3) is 3.86. The first-order valence-electron chi connectivity index (χ1n) is 6.33. The molecule has 1 amide bonds. The van der Waals surface area contributed by atoms with Crippen LogP contribution in [0.15, 0.2) is 24.3 Å². The topological polar surface area (TPSA) is 49.4 Å². The highest BCUT2D eigenvalue weighted by molar-refractivity contribution is 5.97. The molecule has 0 bridgehead atoms. The Hall–Kier alpha value is -1.75. The normalized spacial score (nSPS) is 19.4. The van der Waals surface area contributed by atoms with Crippen LogP contribution in [0.5, 0.6) is 0 Å². The van der Waals surface area contributed by atoms with Crippen molar-refractivity contribution in [2.24, 2.45) is 0 Å². The number of halogens is 1. The summed E-state index contributed by atoms with van der Waals surface area (Å²) in [7, 11) is 0. The van der Waals surface area contributed by atoms with E-state index >= 15 is 0 Å².